The average molecular weight is 276 g/mol. The maximum absolute atomic E-state index is 12.8. The second-order valence-corrected chi connectivity index (χ2v) is 2.58. The van der Waals surface area contributed by atoms with Crippen molar-refractivity contribution in [2.24, 2.45) is 0 Å². The molecule has 0 saturated carbocycles. The number of carbonyl (C=O) groups excluding carboxylic acids is 2. The van der Waals surface area contributed by atoms with Crippen molar-refractivity contribution in [2.45, 2.75) is 0 Å². The van der Waals surface area contributed by atoms with Crippen LogP contribution in [0.4, 0.5) is 17.6 Å². The van der Waals surface area contributed by atoms with Crippen molar-refractivity contribution in [1.82, 2.24) is 0 Å². The van der Waals surface area contributed by atoms with Crippen LogP contribution in [0.1, 0.15) is 20.7 Å². The van der Waals surface area contributed by atoms with E-state index in [4.69, 9.17) is 0 Å². The Balaban J connectivity index is 0.00000256. The van der Waals surface area contributed by atoms with Crippen molar-refractivity contribution in [1.29, 1.82) is 0 Å². The van der Waals surface area contributed by atoms with E-state index in [1.54, 1.807) is 0 Å². The smallest absolute Gasteiger partial charge is 0.545 e. The third-order valence-corrected chi connectivity index (χ3v) is 1.68. The fraction of sp³-hybridized carbons (Fsp3) is 0. The van der Waals surface area contributed by atoms with E-state index in [1.807, 2.05) is 0 Å². The number of benzene rings is 1. The SMILES string of the molecule is O=C([O-])c1c(F)c(F)c(F)c(F)c1C(=O)[O-].[Ca+2]. The van der Waals surface area contributed by atoms with E-state index in [2.05, 4.69) is 0 Å². The number of halogens is 4. The molecular weight excluding hydrogens is 276 g/mol. The molecule has 0 aliphatic rings. The molecule has 0 atom stereocenters. The fourth-order valence-electron chi connectivity index (χ4n) is 1.02. The van der Waals surface area contributed by atoms with Crippen LogP contribution in [-0.4, -0.2) is 49.7 Å². The van der Waals surface area contributed by atoms with Crippen LogP contribution in [0.3, 0.4) is 0 Å². The van der Waals surface area contributed by atoms with Gasteiger partial charge in [-0.05, 0) is 0 Å². The van der Waals surface area contributed by atoms with E-state index >= 15 is 0 Å². The number of carboxylic acids is 2. The van der Waals surface area contributed by atoms with Crippen molar-refractivity contribution in [2.75, 3.05) is 0 Å². The Morgan fingerprint density at radius 1 is 0.706 bits per heavy atom. The Hall–Kier alpha value is -0.860. The Labute approximate surface area is 121 Å². The molecule has 0 aromatic heterocycles. The predicted octanol–water partition coefficient (Wildman–Crippen LogP) is -1.41. The molecule has 1 aromatic carbocycles. The summed E-state index contributed by atoms with van der Waals surface area (Å²) in [5.41, 5.74) is -3.87. The van der Waals surface area contributed by atoms with E-state index in [0.29, 0.717) is 0 Å². The van der Waals surface area contributed by atoms with Gasteiger partial charge in [-0.15, -0.1) is 0 Å². The van der Waals surface area contributed by atoms with E-state index in [9.17, 15) is 37.4 Å². The minimum atomic E-state index is -2.51. The summed E-state index contributed by atoms with van der Waals surface area (Å²) < 4.78 is 50.8. The average Bonchev–Trinajstić information content (AvgIpc) is 2.18. The van der Waals surface area contributed by atoms with Crippen molar-refractivity contribution < 1.29 is 37.4 Å². The minimum Gasteiger partial charge on any atom is -0.545 e. The van der Waals surface area contributed by atoms with Gasteiger partial charge in [0.25, 0.3) is 0 Å². The topological polar surface area (TPSA) is 80.3 Å². The number of hydrogen-bond acceptors (Lipinski definition) is 4. The van der Waals surface area contributed by atoms with Crippen LogP contribution < -0.4 is 10.2 Å². The van der Waals surface area contributed by atoms with Crippen LogP contribution in [0.5, 0.6) is 0 Å². The third kappa shape index (κ3) is 2.70. The molecule has 17 heavy (non-hydrogen) atoms. The second-order valence-electron chi connectivity index (χ2n) is 2.58. The maximum atomic E-state index is 12.8. The predicted molar refractivity (Wildman–Crippen MR) is 40.7 cm³/mol. The Morgan fingerprint density at radius 2 is 0.941 bits per heavy atom. The molecule has 0 heterocycles. The van der Waals surface area contributed by atoms with Gasteiger partial charge in [0.1, 0.15) is 0 Å². The van der Waals surface area contributed by atoms with E-state index in [0.717, 1.165) is 0 Å². The number of carbonyl (C=O) groups is 2. The van der Waals surface area contributed by atoms with Gasteiger partial charge in [0, 0.05) is 11.1 Å². The Bertz CT molecular complexity index is 458. The molecule has 0 aliphatic heterocycles. The normalized spacial score (nSPS) is 9.65. The molecule has 4 nitrogen and oxygen atoms in total. The van der Waals surface area contributed by atoms with Crippen molar-refractivity contribution in [3.05, 3.63) is 34.4 Å². The summed E-state index contributed by atoms with van der Waals surface area (Å²) in [4.78, 5) is 20.5. The van der Waals surface area contributed by atoms with Crippen molar-refractivity contribution in [3.8, 4) is 0 Å². The van der Waals surface area contributed by atoms with Gasteiger partial charge < -0.3 is 19.8 Å². The standard InChI is InChI=1S/C8H2F4O4.Ca/c9-3-1(7(13)14)2(8(15)16)4(10)6(12)5(3)11;/h(H,13,14)(H,15,16);/q;+2/p-2. The van der Waals surface area contributed by atoms with Crippen LogP contribution in [-0.2, 0) is 0 Å². The van der Waals surface area contributed by atoms with Crippen LogP contribution in [0.25, 0.3) is 0 Å². The molecule has 86 valence electrons. The van der Waals surface area contributed by atoms with E-state index < -0.39 is 46.3 Å². The Kier molecular flexibility index (Phi) is 5.37. The molecule has 0 aliphatic carbocycles. The summed E-state index contributed by atoms with van der Waals surface area (Å²) in [6.45, 7) is 0. The number of rotatable bonds is 2. The molecule has 9 heteroatoms. The minimum absolute atomic E-state index is 0. The van der Waals surface area contributed by atoms with Crippen molar-refractivity contribution >= 4 is 49.7 Å². The van der Waals surface area contributed by atoms with Gasteiger partial charge in [-0.3, -0.25) is 0 Å². The molecule has 1 rings (SSSR count). The first-order valence-electron chi connectivity index (χ1n) is 3.57. The van der Waals surface area contributed by atoms with Crippen LogP contribution in [0.2, 0.25) is 0 Å². The molecule has 0 spiro atoms. The van der Waals surface area contributed by atoms with Crippen LogP contribution in [0.15, 0.2) is 0 Å². The molecule has 0 radical (unpaired) electrons. The summed E-state index contributed by atoms with van der Waals surface area (Å²) in [6.07, 6.45) is 0. The first kappa shape index (κ1) is 16.1. The molecule has 0 amide bonds. The monoisotopic (exact) mass is 276 g/mol. The van der Waals surface area contributed by atoms with Crippen LogP contribution in [0, 0.1) is 23.3 Å². The van der Waals surface area contributed by atoms with Gasteiger partial charge in [0.2, 0.25) is 0 Å². The largest absolute Gasteiger partial charge is 2.00 e. The zero-order chi connectivity index (χ0) is 12.6. The molecular formula is C8CaF4O4. The molecule has 0 N–H and O–H groups in total. The van der Waals surface area contributed by atoms with Gasteiger partial charge in [0.05, 0.1) is 11.9 Å². The van der Waals surface area contributed by atoms with Gasteiger partial charge >= 0.3 is 37.7 Å². The first-order valence-corrected chi connectivity index (χ1v) is 3.57. The van der Waals surface area contributed by atoms with Gasteiger partial charge in [-0.1, -0.05) is 0 Å². The van der Waals surface area contributed by atoms with Crippen LogP contribution >= 0.6 is 0 Å². The number of carboxylic acid groups (broad SMARTS) is 2. The summed E-state index contributed by atoms with van der Waals surface area (Å²) in [5.74, 6) is -14.6. The number of aromatic carboxylic acids is 2. The molecule has 0 bridgehead atoms. The maximum Gasteiger partial charge on any atom is 2.00 e. The fourth-order valence-corrected chi connectivity index (χ4v) is 1.02. The zero-order valence-electron chi connectivity index (χ0n) is 7.85. The van der Waals surface area contributed by atoms with Gasteiger partial charge in [-0.25, -0.2) is 17.6 Å². The quantitative estimate of drug-likeness (QED) is 0.288. The summed E-state index contributed by atoms with van der Waals surface area (Å²) in [7, 11) is 0. The molecule has 0 saturated heterocycles. The van der Waals surface area contributed by atoms with E-state index in [-0.39, 0.29) is 37.7 Å². The van der Waals surface area contributed by atoms with Gasteiger partial charge in [0.15, 0.2) is 23.3 Å². The Morgan fingerprint density at radius 3 is 1.12 bits per heavy atom. The molecule has 0 unspecified atom stereocenters. The molecule has 1 aromatic rings. The van der Waals surface area contributed by atoms with Crippen molar-refractivity contribution in [3.63, 3.8) is 0 Å². The number of hydrogen-bond donors (Lipinski definition) is 0. The third-order valence-electron chi connectivity index (χ3n) is 1.68. The second kappa shape index (κ2) is 5.65. The van der Waals surface area contributed by atoms with Gasteiger partial charge in [-0.2, -0.15) is 0 Å². The molecule has 0 fully saturated rings. The summed E-state index contributed by atoms with van der Waals surface area (Å²) in [5, 5.41) is 20.5. The summed E-state index contributed by atoms with van der Waals surface area (Å²) >= 11 is 0. The van der Waals surface area contributed by atoms with E-state index in [1.165, 1.54) is 0 Å². The first-order chi connectivity index (χ1) is 7.29. The zero-order valence-corrected chi connectivity index (χ0v) is 10.1. The summed E-state index contributed by atoms with van der Waals surface area (Å²) in [6, 6.07) is 0.